The number of anilines is 2. The summed E-state index contributed by atoms with van der Waals surface area (Å²) in [6.45, 7) is 2.90. The Morgan fingerprint density at radius 1 is 1.22 bits per heavy atom. The maximum Gasteiger partial charge on any atom is 0.227 e. The molecule has 6 nitrogen and oxygen atoms in total. The van der Waals surface area contributed by atoms with Gasteiger partial charge in [-0.3, -0.25) is 4.79 Å². The maximum absolute atomic E-state index is 13.3. The minimum Gasteiger partial charge on any atom is -0.378 e. The fraction of sp³-hybridized carbons (Fsp3) is 0.421. The molecule has 2 aromatic rings. The quantitative estimate of drug-likeness (QED) is 0.893. The van der Waals surface area contributed by atoms with E-state index < -0.39 is 11.6 Å². The number of rotatable bonds is 3. The van der Waals surface area contributed by atoms with Crippen LogP contribution in [0.15, 0.2) is 24.4 Å². The Bertz CT molecular complexity index is 856. The lowest BCUT2D eigenvalue weighted by atomic mass is 9.86. The Hall–Kier alpha value is -2.61. The summed E-state index contributed by atoms with van der Waals surface area (Å²) in [4.78, 5) is 23.7. The molecule has 1 amide bonds. The van der Waals surface area contributed by atoms with Crippen molar-refractivity contribution in [1.29, 1.82) is 0 Å². The summed E-state index contributed by atoms with van der Waals surface area (Å²) in [5, 5.41) is 2.67. The van der Waals surface area contributed by atoms with Gasteiger partial charge in [-0.25, -0.2) is 18.7 Å². The number of nitrogens with zero attached hydrogens (tertiary/aromatic N) is 3. The molecule has 0 saturated carbocycles. The van der Waals surface area contributed by atoms with E-state index in [9.17, 15) is 13.6 Å². The van der Waals surface area contributed by atoms with Crippen molar-refractivity contribution in [3.63, 3.8) is 0 Å². The molecule has 1 aromatic carbocycles. The van der Waals surface area contributed by atoms with E-state index in [0.717, 1.165) is 36.5 Å². The molecule has 1 aliphatic carbocycles. The molecule has 1 fully saturated rings. The highest BCUT2D eigenvalue weighted by Gasteiger charge is 2.27. The van der Waals surface area contributed by atoms with E-state index >= 15 is 0 Å². The predicted octanol–water partition coefficient (Wildman–Crippen LogP) is 2.33. The summed E-state index contributed by atoms with van der Waals surface area (Å²) in [5.41, 5.74) is 2.19. The molecule has 0 spiro atoms. The molecule has 1 N–H and O–H groups in total. The number of hydrogen-bond acceptors (Lipinski definition) is 5. The van der Waals surface area contributed by atoms with Crippen LogP contribution in [-0.2, 0) is 22.4 Å². The van der Waals surface area contributed by atoms with Crippen molar-refractivity contribution in [2.75, 3.05) is 36.5 Å². The van der Waals surface area contributed by atoms with Gasteiger partial charge in [0, 0.05) is 42.7 Å². The van der Waals surface area contributed by atoms with E-state index in [0.29, 0.717) is 38.4 Å². The van der Waals surface area contributed by atoms with Gasteiger partial charge in [0.25, 0.3) is 0 Å². The minimum atomic E-state index is -0.981. The van der Waals surface area contributed by atoms with Gasteiger partial charge in [-0.15, -0.1) is 0 Å². The van der Waals surface area contributed by atoms with Crippen LogP contribution in [0.3, 0.4) is 0 Å². The van der Waals surface area contributed by atoms with Crippen LogP contribution in [0.25, 0.3) is 0 Å². The van der Waals surface area contributed by atoms with Gasteiger partial charge in [0.15, 0.2) is 11.6 Å². The van der Waals surface area contributed by atoms with Crippen molar-refractivity contribution in [2.45, 2.75) is 19.3 Å². The number of amides is 1. The molecule has 142 valence electrons. The Morgan fingerprint density at radius 2 is 2.04 bits per heavy atom. The number of carbonyl (C=O) groups excluding carboxylic acids is 1. The lowest BCUT2D eigenvalue weighted by Gasteiger charge is -2.28. The van der Waals surface area contributed by atoms with Gasteiger partial charge < -0.3 is 15.0 Å². The first-order chi connectivity index (χ1) is 13.1. The first-order valence-electron chi connectivity index (χ1n) is 9.03. The van der Waals surface area contributed by atoms with Gasteiger partial charge in [-0.1, -0.05) is 0 Å². The molecule has 4 rings (SSSR count). The van der Waals surface area contributed by atoms with E-state index in [2.05, 4.69) is 20.2 Å². The maximum atomic E-state index is 13.3. The van der Waals surface area contributed by atoms with E-state index in [1.165, 1.54) is 6.07 Å². The number of aryl methyl sites for hydroxylation is 1. The lowest BCUT2D eigenvalue weighted by Crippen LogP contribution is -2.38. The summed E-state index contributed by atoms with van der Waals surface area (Å²) < 4.78 is 31.7. The van der Waals surface area contributed by atoms with E-state index in [1.807, 2.05) is 0 Å². The van der Waals surface area contributed by atoms with Crippen molar-refractivity contribution in [1.82, 2.24) is 9.97 Å². The van der Waals surface area contributed by atoms with Crippen molar-refractivity contribution in [3.8, 4) is 0 Å². The standard InChI is InChI=1S/C19H20F2N4O2/c20-15-3-2-14(10-16(15)21)23-18(26)12-1-4-17-13(9-12)11-22-19(24-17)25-5-7-27-8-6-25/h2-3,10-12H,1,4-9H2,(H,23,26)/t12-/m1/s1. The zero-order valence-corrected chi connectivity index (χ0v) is 14.8. The first kappa shape index (κ1) is 17.8. The van der Waals surface area contributed by atoms with Crippen molar-refractivity contribution in [2.24, 2.45) is 5.92 Å². The van der Waals surface area contributed by atoms with Crippen molar-refractivity contribution < 1.29 is 18.3 Å². The summed E-state index contributed by atoms with van der Waals surface area (Å²) in [5.74, 6) is -1.66. The van der Waals surface area contributed by atoms with E-state index in [-0.39, 0.29) is 17.5 Å². The molecule has 0 bridgehead atoms. The van der Waals surface area contributed by atoms with Crippen LogP contribution in [0.5, 0.6) is 0 Å². The van der Waals surface area contributed by atoms with Crippen LogP contribution < -0.4 is 10.2 Å². The molecular weight excluding hydrogens is 354 g/mol. The average Bonchev–Trinajstić information content (AvgIpc) is 2.70. The highest BCUT2D eigenvalue weighted by molar-refractivity contribution is 5.92. The van der Waals surface area contributed by atoms with E-state index in [4.69, 9.17) is 4.74 Å². The topological polar surface area (TPSA) is 67.4 Å². The monoisotopic (exact) mass is 374 g/mol. The van der Waals surface area contributed by atoms with Crippen molar-refractivity contribution >= 4 is 17.5 Å². The molecule has 2 aliphatic rings. The van der Waals surface area contributed by atoms with Gasteiger partial charge in [0.2, 0.25) is 11.9 Å². The second kappa shape index (κ2) is 7.56. The third-order valence-electron chi connectivity index (χ3n) is 4.99. The number of benzene rings is 1. The summed E-state index contributed by atoms with van der Waals surface area (Å²) in [6.07, 6.45) is 3.67. The molecular formula is C19H20F2N4O2. The molecule has 8 heteroatoms. The Balaban J connectivity index is 1.43. The Morgan fingerprint density at radius 3 is 2.81 bits per heavy atom. The lowest BCUT2D eigenvalue weighted by molar-refractivity contribution is -0.120. The average molecular weight is 374 g/mol. The van der Waals surface area contributed by atoms with Crippen LogP contribution in [0.1, 0.15) is 17.7 Å². The van der Waals surface area contributed by atoms with Crippen LogP contribution in [-0.4, -0.2) is 42.2 Å². The first-order valence-corrected chi connectivity index (χ1v) is 9.03. The molecule has 1 saturated heterocycles. The zero-order chi connectivity index (χ0) is 18.8. The van der Waals surface area contributed by atoms with Crippen LogP contribution in [0, 0.1) is 17.6 Å². The second-order valence-electron chi connectivity index (χ2n) is 6.80. The smallest absolute Gasteiger partial charge is 0.227 e. The molecule has 1 aliphatic heterocycles. The summed E-state index contributed by atoms with van der Waals surface area (Å²) in [6, 6.07) is 3.34. The van der Waals surface area contributed by atoms with Gasteiger partial charge in [0.1, 0.15) is 0 Å². The second-order valence-corrected chi connectivity index (χ2v) is 6.80. The number of ether oxygens (including phenoxy) is 1. The number of halogens is 2. The predicted molar refractivity (Wildman–Crippen MR) is 95.6 cm³/mol. The fourth-order valence-electron chi connectivity index (χ4n) is 3.45. The number of nitrogens with one attached hydrogen (secondary N) is 1. The normalized spacial score (nSPS) is 19.5. The number of fused-ring (bicyclic) bond motifs is 1. The van der Waals surface area contributed by atoms with Crippen molar-refractivity contribution in [3.05, 3.63) is 47.3 Å². The number of morpholine rings is 1. The van der Waals surface area contributed by atoms with Gasteiger partial charge >= 0.3 is 0 Å². The third-order valence-corrected chi connectivity index (χ3v) is 4.99. The highest BCUT2D eigenvalue weighted by Crippen LogP contribution is 2.27. The highest BCUT2D eigenvalue weighted by atomic mass is 19.2. The number of carbonyl (C=O) groups is 1. The summed E-state index contributed by atoms with van der Waals surface area (Å²) >= 11 is 0. The summed E-state index contributed by atoms with van der Waals surface area (Å²) in [7, 11) is 0. The van der Waals surface area contributed by atoms with Crippen LogP contribution in [0.4, 0.5) is 20.4 Å². The molecule has 2 heterocycles. The molecule has 1 atom stereocenters. The molecule has 27 heavy (non-hydrogen) atoms. The van der Waals surface area contributed by atoms with Gasteiger partial charge in [-0.2, -0.15) is 0 Å². The minimum absolute atomic E-state index is 0.205. The fourth-order valence-corrected chi connectivity index (χ4v) is 3.45. The largest absolute Gasteiger partial charge is 0.378 e. The third kappa shape index (κ3) is 3.90. The zero-order valence-electron chi connectivity index (χ0n) is 14.8. The van der Waals surface area contributed by atoms with Gasteiger partial charge in [-0.05, 0) is 37.0 Å². The van der Waals surface area contributed by atoms with Gasteiger partial charge in [0.05, 0.1) is 13.2 Å². The molecule has 1 aromatic heterocycles. The van der Waals surface area contributed by atoms with Crippen LogP contribution >= 0.6 is 0 Å². The Kier molecular flexibility index (Phi) is 4.98. The van der Waals surface area contributed by atoms with E-state index in [1.54, 1.807) is 6.20 Å². The number of hydrogen-bond donors (Lipinski definition) is 1. The molecule has 0 radical (unpaired) electrons. The Labute approximate surface area is 155 Å². The number of aromatic nitrogens is 2. The molecule has 0 unspecified atom stereocenters. The van der Waals surface area contributed by atoms with Crippen LogP contribution in [0.2, 0.25) is 0 Å². The SMILES string of the molecule is O=C(Nc1ccc(F)c(F)c1)[C@@H]1CCc2nc(N3CCOCC3)ncc2C1.